The van der Waals surface area contributed by atoms with Crippen molar-refractivity contribution in [3.8, 4) is 0 Å². The van der Waals surface area contributed by atoms with Crippen molar-refractivity contribution in [3.05, 3.63) is 72.9 Å². The zero-order valence-electron chi connectivity index (χ0n) is 58.0. The number of allylic oxidation sites excluding steroid dienone is 12. The number of unbranched alkanes of at least 4 members (excludes halogenated alkanes) is 43. The number of phosphoric ester groups is 1. The average molecular weight is 1240 g/mol. The maximum atomic E-state index is 12.9. The summed E-state index contributed by atoms with van der Waals surface area (Å²) in [5.74, 6) is -0.812. The molecular weight excluding hydrogens is 1100 g/mol. The smallest absolute Gasteiger partial charge is 0.306 e. The Labute approximate surface area is 539 Å². The molecule has 0 fully saturated rings. The second-order valence-electron chi connectivity index (χ2n) is 26.3. The number of esters is 2. The third kappa shape index (κ3) is 72.4. The Morgan fingerprint density at radius 2 is 0.655 bits per heavy atom. The van der Waals surface area contributed by atoms with E-state index in [1.54, 1.807) is 0 Å². The fourth-order valence-electron chi connectivity index (χ4n) is 10.8. The van der Waals surface area contributed by atoms with E-state index in [-0.39, 0.29) is 32.0 Å². The summed E-state index contributed by atoms with van der Waals surface area (Å²) in [7, 11) is 1.18. The Kier molecular flexibility index (Phi) is 65.8. The molecule has 0 aromatic rings. The van der Waals surface area contributed by atoms with Crippen molar-refractivity contribution in [3.63, 3.8) is 0 Å². The molecule has 0 aliphatic carbocycles. The highest BCUT2D eigenvalue weighted by Gasteiger charge is 2.22. The summed E-state index contributed by atoms with van der Waals surface area (Å²) in [6.07, 6.45) is 91.5. The van der Waals surface area contributed by atoms with Gasteiger partial charge in [0.05, 0.1) is 27.7 Å². The predicted molar refractivity (Wildman–Crippen MR) is 374 cm³/mol. The minimum Gasteiger partial charge on any atom is -0.756 e. The largest absolute Gasteiger partial charge is 0.756 e. The topological polar surface area (TPSA) is 111 Å². The van der Waals surface area contributed by atoms with Gasteiger partial charge < -0.3 is 27.9 Å². The summed E-state index contributed by atoms with van der Waals surface area (Å²) < 4.78 is 34.4. The molecule has 0 aromatic heterocycles. The van der Waals surface area contributed by atoms with Gasteiger partial charge in [-0.05, 0) is 64.2 Å². The predicted octanol–water partition coefficient (Wildman–Crippen LogP) is 23.7. The second-order valence-corrected chi connectivity index (χ2v) is 27.7. The lowest BCUT2D eigenvalue weighted by Gasteiger charge is -2.28. The number of quaternary nitrogens is 1. The van der Waals surface area contributed by atoms with Crippen molar-refractivity contribution in [1.82, 2.24) is 0 Å². The van der Waals surface area contributed by atoms with E-state index < -0.39 is 26.5 Å². The Hall–Kier alpha value is -2.55. The molecule has 0 saturated carbocycles. The van der Waals surface area contributed by atoms with Crippen LogP contribution in [0.3, 0.4) is 0 Å². The molecule has 87 heavy (non-hydrogen) atoms. The Balaban J connectivity index is 3.92. The number of carbonyl (C=O) groups excluding carboxylic acids is 2. The van der Waals surface area contributed by atoms with Gasteiger partial charge in [0, 0.05) is 12.8 Å². The van der Waals surface area contributed by atoms with Crippen molar-refractivity contribution in [2.24, 2.45) is 0 Å². The van der Waals surface area contributed by atoms with E-state index in [2.05, 4.69) is 86.8 Å². The van der Waals surface area contributed by atoms with Crippen LogP contribution in [0.2, 0.25) is 0 Å². The summed E-state index contributed by atoms with van der Waals surface area (Å²) in [6.45, 7) is 4.19. The normalized spacial score (nSPS) is 13.5. The van der Waals surface area contributed by atoms with Crippen molar-refractivity contribution in [2.75, 3.05) is 47.5 Å². The molecule has 0 saturated heterocycles. The first kappa shape index (κ1) is 84.5. The van der Waals surface area contributed by atoms with Crippen molar-refractivity contribution < 1.29 is 42.1 Å². The third-order valence-electron chi connectivity index (χ3n) is 16.5. The van der Waals surface area contributed by atoms with E-state index in [9.17, 15) is 19.0 Å². The number of ether oxygens (including phenoxy) is 2. The molecule has 0 aromatic carbocycles. The summed E-state index contributed by atoms with van der Waals surface area (Å²) in [6, 6.07) is 0. The molecule has 0 aliphatic heterocycles. The van der Waals surface area contributed by atoms with Crippen LogP contribution >= 0.6 is 7.82 Å². The zero-order chi connectivity index (χ0) is 63.4. The van der Waals surface area contributed by atoms with Crippen LogP contribution in [0.15, 0.2) is 72.9 Å². The highest BCUT2D eigenvalue weighted by atomic mass is 31.2. The number of nitrogens with zero attached hydrogens (tertiary/aromatic N) is 1. The van der Waals surface area contributed by atoms with Crippen molar-refractivity contribution in [2.45, 2.75) is 360 Å². The lowest BCUT2D eigenvalue weighted by Crippen LogP contribution is -2.37. The molecule has 508 valence electrons. The van der Waals surface area contributed by atoms with Crippen LogP contribution in [0, 0.1) is 0 Å². The van der Waals surface area contributed by atoms with Gasteiger partial charge in [-0.2, -0.15) is 0 Å². The summed E-state index contributed by atoms with van der Waals surface area (Å²) in [4.78, 5) is 38.1. The van der Waals surface area contributed by atoms with Gasteiger partial charge in [-0.25, -0.2) is 0 Å². The zero-order valence-corrected chi connectivity index (χ0v) is 58.9. The van der Waals surface area contributed by atoms with E-state index in [4.69, 9.17) is 18.5 Å². The molecular formula is C77H142NO8P. The van der Waals surface area contributed by atoms with Gasteiger partial charge >= 0.3 is 11.9 Å². The molecule has 9 nitrogen and oxygen atoms in total. The third-order valence-corrected chi connectivity index (χ3v) is 17.5. The van der Waals surface area contributed by atoms with Gasteiger partial charge in [0.2, 0.25) is 0 Å². The second kappa shape index (κ2) is 67.8. The minimum atomic E-state index is -4.64. The van der Waals surface area contributed by atoms with E-state index in [0.29, 0.717) is 17.4 Å². The van der Waals surface area contributed by atoms with Crippen molar-refractivity contribution >= 4 is 19.8 Å². The van der Waals surface area contributed by atoms with Crippen LogP contribution in [0.4, 0.5) is 0 Å². The van der Waals surface area contributed by atoms with Crippen LogP contribution < -0.4 is 4.89 Å². The monoisotopic (exact) mass is 1240 g/mol. The lowest BCUT2D eigenvalue weighted by molar-refractivity contribution is -0.870. The standard InChI is InChI=1S/C77H142NO8P/c1-6-8-10-12-14-16-18-20-22-24-26-28-30-31-32-33-34-35-36-37-38-39-40-41-42-43-44-45-46-47-48-50-52-54-56-58-60-62-64-66-68-70-77(80)86-75(74-85-87(81,82)84-72-71-78(3,4)5)73-83-76(79)69-67-65-63-61-59-57-55-53-51-49-29-27-25-23-21-19-17-15-13-11-9-7-2/h8,10,14,16,20,22,26,28,31-32,34-35,75H,6-7,9,11-13,15,17-19,21,23-25,27,29-30,33,36-74H2,1-5H3/b10-8-,16-14-,22-20-,28-26-,32-31-,35-34-. The molecule has 10 heteroatoms. The number of hydrogen-bond acceptors (Lipinski definition) is 8. The van der Waals surface area contributed by atoms with Gasteiger partial charge in [0.25, 0.3) is 7.82 Å². The first-order chi connectivity index (χ1) is 42.5. The highest BCUT2D eigenvalue weighted by Crippen LogP contribution is 2.38. The molecule has 0 rings (SSSR count). The van der Waals surface area contributed by atoms with Crippen LogP contribution in [0.25, 0.3) is 0 Å². The van der Waals surface area contributed by atoms with E-state index in [1.165, 1.54) is 250 Å². The number of likely N-dealkylation sites (N-methyl/N-ethyl adjacent to an activating group) is 1. The molecule has 0 N–H and O–H groups in total. The molecule has 0 aliphatic rings. The Bertz CT molecular complexity index is 1700. The van der Waals surface area contributed by atoms with Crippen molar-refractivity contribution in [1.29, 1.82) is 0 Å². The fourth-order valence-corrected chi connectivity index (χ4v) is 11.6. The van der Waals surface area contributed by atoms with E-state index >= 15 is 0 Å². The molecule has 2 unspecified atom stereocenters. The average Bonchev–Trinajstić information content (AvgIpc) is 3.50. The number of hydrogen-bond donors (Lipinski definition) is 0. The number of carbonyl (C=O) groups is 2. The Morgan fingerprint density at radius 1 is 0.368 bits per heavy atom. The number of rotatable bonds is 69. The van der Waals surface area contributed by atoms with Crippen LogP contribution in [-0.4, -0.2) is 70.0 Å². The van der Waals surface area contributed by atoms with Crippen LogP contribution in [-0.2, 0) is 32.7 Å². The first-order valence-electron chi connectivity index (χ1n) is 37.1. The van der Waals surface area contributed by atoms with Crippen LogP contribution in [0.5, 0.6) is 0 Å². The van der Waals surface area contributed by atoms with Crippen LogP contribution in [0.1, 0.15) is 354 Å². The first-order valence-corrected chi connectivity index (χ1v) is 38.6. The number of phosphoric acid groups is 1. The summed E-state index contributed by atoms with van der Waals surface area (Å²) >= 11 is 0. The van der Waals surface area contributed by atoms with Gasteiger partial charge in [0.15, 0.2) is 6.10 Å². The van der Waals surface area contributed by atoms with Gasteiger partial charge in [-0.15, -0.1) is 0 Å². The lowest BCUT2D eigenvalue weighted by atomic mass is 10.0. The maximum Gasteiger partial charge on any atom is 0.306 e. The summed E-state index contributed by atoms with van der Waals surface area (Å²) in [5.41, 5.74) is 0. The highest BCUT2D eigenvalue weighted by molar-refractivity contribution is 7.45. The SMILES string of the molecule is CC/C=C\C/C=C\C/C=C\C/C=C\C/C=C\C/C=C\CCCCCCCCCCCCCCCCCCCCCCCCC(=O)OC(COC(=O)CCCCCCCCCCCCCCCCCCCCCCCC)COP(=O)([O-])OCC[N+](C)(C)C. The van der Waals surface area contributed by atoms with E-state index in [0.717, 1.165) is 70.6 Å². The molecule has 0 bridgehead atoms. The maximum absolute atomic E-state index is 12.9. The Morgan fingerprint density at radius 3 is 0.977 bits per heavy atom. The fraction of sp³-hybridized carbons (Fsp3) is 0.818. The quantitative estimate of drug-likeness (QED) is 0.0195. The van der Waals surface area contributed by atoms with Gasteiger partial charge in [-0.3, -0.25) is 14.2 Å². The minimum absolute atomic E-state index is 0.0285. The molecule has 2 atom stereocenters. The molecule has 0 amide bonds. The van der Waals surface area contributed by atoms with Gasteiger partial charge in [-0.1, -0.05) is 350 Å². The molecule has 0 radical (unpaired) electrons. The van der Waals surface area contributed by atoms with Gasteiger partial charge in [0.1, 0.15) is 19.8 Å². The van der Waals surface area contributed by atoms with E-state index in [1.807, 2.05) is 21.1 Å². The summed E-state index contributed by atoms with van der Waals surface area (Å²) in [5, 5.41) is 0. The molecule has 0 heterocycles. The molecule has 0 spiro atoms.